The zero-order chi connectivity index (χ0) is 27.3. The predicted octanol–water partition coefficient (Wildman–Crippen LogP) is 1.67. The van der Waals surface area contributed by atoms with Gasteiger partial charge in [0.2, 0.25) is 17.7 Å². The molecule has 3 atom stereocenters. The second kappa shape index (κ2) is 11.8. The monoisotopic (exact) mass is 519 g/mol. The van der Waals surface area contributed by atoms with Crippen molar-refractivity contribution in [3.05, 3.63) is 71.9 Å². The lowest BCUT2D eigenvalue weighted by molar-refractivity contribution is -0.141. The maximum absolute atomic E-state index is 13.9. The molecular formula is C29H37N5O4. The highest BCUT2D eigenvalue weighted by Gasteiger charge is 2.39. The third-order valence-electron chi connectivity index (χ3n) is 7.19. The minimum absolute atomic E-state index is 0.0661. The molecule has 0 aliphatic carbocycles. The van der Waals surface area contributed by atoms with Crippen molar-refractivity contribution in [3.63, 3.8) is 0 Å². The minimum Gasteiger partial charge on any atom is -0.395 e. The van der Waals surface area contributed by atoms with Gasteiger partial charge in [0.1, 0.15) is 6.04 Å². The van der Waals surface area contributed by atoms with Crippen LogP contribution < -0.4 is 16.4 Å². The smallest absolute Gasteiger partial charge is 0.245 e. The number of H-pyrrole nitrogens is 1. The number of nitrogens with two attached hydrogens (primary N) is 1. The first-order chi connectivity index (χ1) is 18.2. The number of hydrogen-bond donors (Lipinski definition) is 5. The van der Waals surface area contributed by atoms with Crippen LogP contribution >= 0.6 is 0 Å². The number of nitrogens with one attached hydrogen (secondary N) is 3. The lowest BCUT2D eigenvalue weighted by Crippen LogP contribution is -2.59. The Morgan fingerprint density at radius 3 is 2.55 bits per heavy atom. The number of piperidine rings is 1. The summed E-state index contributed by atoms with van der Waals surface area (Å²) in [6.07, 6.45) is 2.74. The number of benzene rings is 2. The van der Waals surface area contributed by atoms with Gasteiger partial charge in [0, 0.05) is 43.2 Å². The third-order valence-corrected chi connectivity index (χ3v) is 7.19. The van der Waals surface area contributed by atoms with Crippen LogP contribution in [0, 0.1) is 5.92 Å². The summed E-state index contributed by atoms with van der Waals surface area (Å²) < 4.78 is 0. The topological polar surface area (TPSA) is 141 Å². The molecule has 3 amide bonds. The maximum Gasteiger partial charge on any atom is 0.245 e. The van der Waals surface area contributed by atoms with E-state index in [1.807, 2.05) is 60.8 Å². The number of carbonyl (C=O) groups is 3. The van der Waals surface area contributed by atoms with E-state index < -0.39 is 23.4 Å². The average molecular weight is 520 g/mol. The van der Waals surface area contributed by atoms with E-state index in [0.717, 1.165) is 22.0 Å². The molecule has 1 aromatic heterocycles. The normalized spacial score (nSPS) is 18.7. The van der Waals surface area contributed by atoms with Gasteiger partial charge in [0.25, 0.3) is 0 Å². The lowest BCUT2D eigenvalue weighted by atomic mass is 9.79. The quantitative estimate of drug-likeness (QED) is 0.293. The molecule has 38 heavy (non-hydrogen) atoms. The van der Waals surface area contributed by atoms with E-state index in [9.17, 15) is 19.5 Å². The maximum atomic E-state index is 13.9. The zero-order valence-corrected chi connectivity index (χ0v) is 21.9. The van der Waals surface area contributed by atoms with E-state index in [0.29, 0.717) is 13.0 Å². The molecule has 2 heterocycles. The summed E-state index contributed by atoms with van der Waals surface area (Å²) in [5.74, 6) is -1.43. The van der Waals surface area contributed by atoms with Gasteiger partial charge in [0.05, 0.1) is 18.1 Å². The Morgan fingerprint density at radius 2 is 1.84 bits per heavy atom. The molecule has 0 bridgehead atoms. The van der Waals surface area contributed by atoms with Crippen LogP contribution in [0.2, 0.25) is 0 Å². The van der Waals surface area contributed by atoms with Gasteiger partial charge in [-0.05, 0) is 43.4 Å². The number of rotatable bonds is 9. The predicted molar refractivity (Wildman–Crippen MR) is 146 cm³/mol. The molecular weight excluding hydrogens is 482 g/mol. The molecule has 1 aliphatic heterocycles. The van der Waals surface area contributed by atoms with Crippen LogP contribution in [0.1, 0.15) is 37.3 Å². The van der Waals surface area contributed by atoms with Crippen LogP contribution in [-0.4, -0.2) is 70.5 Å². The Kier molecular flexibility index (Phi) is 8.48. The molecule has 9 heteroatoms. The Balaban J connectivity index is 1.59. The molecule has 4 rings (SSSR count). The van der Waals surface area contributed by atoms with Crippen molar-refractivity contribution in [2.75, 3.05) is 26.2 Å². The number of aromatic nitrogens is 1. The largest absolute Gasteiger partial charge is 0.395 e. The van der Waals surface area contributed by atoms with E-state index >= 15 is 0 Å². The van der Waals surface area contributed by atoms with Crippen molar-refractivity contribution in [3.8, 4) is 0 Å². The van der Waals surface area contributed by atoms with Gasteiger partial charge in [-0.1, -0.05) is 48.5 Å². The Morgan fingerprint density at radius 1 is 1.13 bits per heavy atom. The molecule has 2 unspecified atom stereocenters. The first-order valence-corrected chi connectivity index (χ1v) is 13.1. The summed E-state index contributed by atoms with van der Waals surface area (Å²) in [6, 6.07) is 16.8. The van der Waals surface area contributed by atoms with Crippen LogP contribution in [0.5, 0.6) is 0 Å². The van der Waals surface area contributed by atoms with Gasteiger partial charge in [-0.2, -0.15) is 0 Å². The Labute approximate surface area is 222 Å². The van der Waals surface area contributed by atoms with E-state index in [4.69, 9.17) is 5.73 Å². The van der Waals surface area contributed by atoms with Crippen molar-refractivity contribution in [1.82, 2.24) is 20.5 Å². The molecule has 6 N–H and O–H groups in total. The van der Waals surface area contributed by atoms with E-state index in [2.05, 4.69) is 15.6 Å². The molecule has 0 saturated carbocycles. The molecule has 1 saturated heterocycles. The average Bonchev–Trinajstić information content (AvgIpc) is 3.33. The number of nitrogens with zero attached hydrogens (tertiary/aromatic N) is 1. The summed E-state index contributed by atoms with van der Waals surface area (Å²) in [6.45, 7) is 3.85. The second-order valence-corrected chi connectivity index (χ2v) is 10.5. The first kappa shape index (κ1) is 27.3. The molecule has 0 spiro atoms. The number of aliphatic hydroxyl groups excluding tert-OH is 1. The molecule has 0 radical (unpaired) electrons. The number of carbonyl (C=O) groups excluding carboxylic acids is 3. The van der Waals surface area contributed by atoms with Gasteiger partial charge in [-0.25, -0.2) is 0 Å². The van der Waals surface area contributed by atoms with E-state index in [-0.39, 0.29) is 43.8 Å². The zero-order valence-electron chi connectivity index (χ0n) is 21.9. The molecule has 9 nitrogen and oxygen atoms in total. The van der Waals surface area contributed by atoms with Crippen molar-refractivity contribution < 1.29 is 19.5 Å². The highest BCUT2D eigenvalue weighted by molar-refractivity contribution is 5.93. The fourth-order valence-corrected chi connectivity index (χ4v) is 5.11. The SMILES string of the molecule is CC(C)(N)C(=O)N[C@H](Cc1c[nH]c2ccccc12)C(=O)N1CCC(c2ccccc2)C(C(=O)NCCO)C1. The fourth-order valence-electron chi connectivity index (χ4n) is 5.11. The molecule has 202 valence electrons. The Hall–Kier alpha value is -3.69. The molecule has 2 aromatic carbocycles. The summed E-state index contributed by atoms with van der Waals surface area (Å²) in [7, 11) is 0. The number of aliphatic hydroxyl groups is 1. The van der Waals surface area contributed by atoms with Crippen molar-refractivity contribution in [1.29, 1.82) is 0 Å². The third kappa shape index (κ3) is 6.23. The first-order valence-electron chi connectivity index (χ1n) is 13.1. The summed E-state index contributed by atoms with van der Waals surface area (Å²) in [5.41, 5.74) is 7.78. The Bertz CT molecular complexity index is 1270. The van der Waals surface area contributed by atoms with E-state index in [1.54, 1.807) is 18.7 Å². The standard InChI is InChI=1S/C29H37N5O4/c1-29(2,30)28(38)33-25(16-20-17-32-24-11-7-6-10-22(20)24)27(37)34-14-12-21(19-8-4-3-5-9-19)23(18-34)26(36)31-13-15-35/h3-11,17,21,23,25,32,35H,12-16,18,30H2,1-2H3,(H,31,36)(H,33,38)/t21?,23?,25-/m1/s1. The molecule has 1 aliphatic rings. The van der Waals surface area contributed by atoms with Gasteiger partial charge in [0.15, 0.2) is 0 Å². The number of para-hydroxylation sites is 1. The van der Waals surface area contributed by atoms with Gasteiger partial charge in [-0.3, -0.25) is 14.4 Å². The number of fused-ring (bicyclic) bond motifs is 1. The van der Waals surface area contributed by atoms with Crippen LogP contribution in [0.15, 0.2) is 60.8 Å². The van der Waals surface area contributed by atoms with E-state index in [1.165, 1.54) is 0 Å². The number of aromatic amines is 1. The second-order valence-electron chi connectivity index (χ2n) is 10.5. The lowest BCUT2D eigenvalue weighted by Gasteiger charge is -2.39. The van der Waals surface area contributed by atoms with Gasteiger partial charge in [-0.15, -0.1) is 0 Å². The fraction of sp³-hybridized carbons (Fsp3) is 0.414. The van der Waals surface area contributed by atoms with Crippen molar-refractivity contribution >= 4 is 28.6 Å². The summed E-state index contributed by atoms with van der Waals surface area (Å²) in [5, 5.41) is 15.9. The van der Waals surface area contributed by atoms with Crippen LogP contribution in [0.25, 0.3) is 10.9 Å². The number of amides is 3. The van der Waals surface area contributed by atoms with Crippen molar-refractivity contribution in [2.45, 2.75) is 44.2 Å². The minimum atomic E-state index is -1.16. The van der Waals surface area contributed by atoms with Gasteiger partial charge < -0.3 is 31.4 Å². The summed E-state index contributed by atoms with van der Waals surface area (Å²) in [4.78, 5) is 44.9. The number of likely N-dealkylation sites (tertiary alicyclic amines) is 1. The number of hydrogen-bond acceptors (Lipinski definition) is 5. The summed E-state index contributed by atoms with van der Waals surface area (Å²) >= 11 is 0. The van der Waals surface area contributed by atoms with Crippen LogP contribution in [0.3, 0.4) is 0 Å². The molecule has 1 fully saturated rings. The highest BCUT2D eigenvalue weighted by Crippen LogP contribution is 2.34. The van der Waals surface area contributed by atoms with Crippen LogP contribution in [0.4, 0.5) is 0 Å². The molecule has 3 aromatic rings. The van der Waals surface area contributed by atoms with Gasteiger partial charge >= 0.3 is 0 Å². The van der Waals surface area contributed by atoms with Crippen molar-refractivity contribution in [2.24, 2.45) is 11.7 Å². The van der Waals surface area contributed by atoms with Crippen LogP contribution in [-0.2, 0) is 20.8 Å². The highest BCUT2D eigenvalue weighted by atomic mass is 16.3.